The van der Waals surface area contributed by atoms with Gasteiger partial charge in [-0.1, -0.05) is 73.5 Å². The van der Waals surface area contributed by atoms with Crippen LogP contribution in [0.5, 0.6) is 0 Å². The molecule has 0 saturated heterocycles. The molecule has 0 atom stereocenters. The third-order valence-corrected chi connectivity index (χ3v) is 8.05. The minimum atomic E-state index is 0.298. The Bertz CT molecular complexity index is 603. The van der Waals surface area contributed by atoms with Gasteiger partial charge in [-0.2, -0.15) is 0 Å². The highest BCUT2D eigenvalue weighted by molar-refractivity contribution is 8.09. The summed E-state index contributed by atoms with van der Waals surface area (Å²) in [6, 6.07) is 21.8. The van der Waals surface area contributed by atoms with Crippen molar-refractivity contribution >= 4 is 24.1 Å². The first-order valence-corrected chi connectivity index (χ1v) is 10.9. The van der Waals surface area contributed by atoms with Gasteiger partial charge in [-0.15, -0.1) is 0 Å². The van der Waals surface area contributed by atoms with Gasteiger partial charge in [0.25, 0.3) is 0 Å². The van der Waals surface area contributed by atoms with Crippen LogP contribution in [-0.4, -0.2) is 9.49 Å². The van der Waals surface area contributed by atoms with Crippen LogP contribution in [-0.2, 0) is 16.5 Å². The Kier molecular flexibility index (Phi) is 5.44. The van der Waals surface area contributed by atoms with Crippen molar-refractivity contribution in [1.29, 1.82) is 0 Å². The standard InChI is InChI=1S/C22H26OS2/c1-3-9-19(10-4-1)17-21(13-7-14-21)24-23-25-22(15-8-16-22)18-20-11-5-2-6-12-20/h1-6,9-12H,7-8,13-18H2. The molecule has 0 aromatic heterocycles. The molecule has 1 nitrogen and oxygen atoms in total. The van der Waals surface area contributed by atoms with E-state index < -0.39 is 0 Å². The maximum Gasteiger partial charge on any atom is 0.0475 e. The summed E-state index contributed by atoms with van der Waals surface area (Å²) < 4.78 is 6.82. The highest BCUT2D eigenvalue weighted by Crippen LogP contribution is 2.53. The second kappa shape index (κ2) is 7.77. The van der Waals surface area contributed by atoms with Crippen molar-refractivity contribution in [2.45, 2.75) is 60.9 Å². The van der Waals surface area contributed by atoms with E-state index >= 15 is 0 Å². The van der Waals surface area contributed by atoms with Gasteiger partial charge in [0.05, 0.1) is 0 Å². The van der Waals surface area contributed by atoms with Gasteiger partial charge < -0.3 is 0 Å². The van der Waals surface area contributed by atoms with Crippen molar-refractivity contribution in [2.75, 3.05) is 0 Å². The number of rotatable bonds is 8. The summed E-state index contributed by atoms with van der Waals surface area (Å²) in [5.41, 5.74) is 2.87. The van der Waals surface area contributed by atoms with Crippen molar-refractivity contribution in [2.24, 2.45) is 0 Å². The fourth-order valence-electron chi connectivity index (χ4n) is 3.82. The predicted molar refractivity (Wildman–Crippen MR) is 110 cm³/mol. The smallest absolute Gasteiger partial charge is 0.0475 e. The molecule has 2 saturated carbocycles. The molecule has 2 aliphatic rings. The summed E-state index contributed by atoms with van der Waals surface area (Å²) in [4.78, 5) is 0. The van der Waals surface area contributed by atoms with Gasteiger partial charge in [0, 0.05) is 33.6 Å². The Labute approximate surface area is 160 Å². The molecule has 0 N–H and O–H groups in total. The average molecular weight is 371 g/mol. The molecule has 0 amide bonds. The molecule has 0 unspecified atom stereocenters. The molecule has 4 rings (SSSR count). The summed E-state index contributed by atoms with van der Waals surface area (Å²) in [5, 5.41) is 0. The molecule has 0 aliphatic heterocycles. The van der Waals surface area contributed by atoms with Gasteiger partial charge in [0.1, 0.15) is 0 Å². The fourth-order valence-corrected chi connectivity index (χ4v) is 6.47. The van der Waals surface area contributed by atoms with Gasteiger partial charge >= 0.3 is 0 Å². The van der Waals surface area contributed by atoms with E-state index in [9.17, 15) is 0 Å². The van der Waals surface area contributed by atoms with E-state index in [-0.39, 0.29) is 0 Å². The first-order chi connectivity index (χ1) is 12.3. The summed E-state index contributed by atoms with van der Waals surface area (Å²) >= 11 is 3.51. The highest BCUT2D eigenvalue weighted by Gasteiger charge is 2.42. The molecule has 2 aromatic rings. The van der Waals surface area contributed by atoms with Crippen LogP contribution in [0.1, 0.15) is 49.7 Å². The van der Waals surface area contributed by atoms with Crippen molar-refractivity contribution < 1.29 is 3.63 Å². The first-order valence-electron chi connectivity index (χ1n) is 9.39. The molecule has 2 fully saturated rings. The topological polar surface area (TPSA) is 9.23 Å². The second-order valence-electron chi connectivity index (χ2n) is 7.63. The Morgan fingerprint density at radius 3 is 1.36 bits per heavy atom. The zero-order valence-corrected chi connectivity index (χ0v) is 16.3. The van der Waals surface area contributed by atoms with Crippen LogP contribution in [0.2, 0.25) is 0 Å². The van der Waals surface area contributed by atoms with E-state index in [2.05, 4.69) is 60.7 Å². The van der Waals surface area contributed by atoms with Gasteiger partial charge in [0.2, 0.25) is 0 Å². The van der Waals surface area contributed by atoms with Gasteiger partial charge in [0.15, 0.2) is 0 Å². The predicted octanol–water partition coefficient (Wildman–Crippen LogP) is 6.63. The molecular weight excluding hydrogens is 344 g/mol. The zero-order chi connectivity index (χ0) is 17.0. The minimum Gasteiger partial charge on any atom is -0.246 e. The zero-order valence-electron chi connectivity index (χ0n) is 14.7. The lowest BCUT2D eigenvalue weighted by Gasteiger charge is -2.43. The molecule has 2 aromatic carbocycles. The van der Waals surface area contributed by atoms with E-state index in [1.54, 1.807) is 24.1 Å². The van der Waals surface area contributed by atoms with Gasteiger partial charge in [-0.05, 0) is 49.7 Å². The van der Waals surface area contributed by atoms with Crippen LogP contribution in [0.3, 0.4) is 0 Å². The average Bonchev–Trinajstić information content (AvgIpc) is 2.59. The van der Waals surface area contributed by atoms with E-state index in [1.165, 1.54) is 49.7 Å². The highest BCUT2D eigenvalue weighted by atomic mass is 32.2. The lowest BCUT2D eigenvalue weighted by molar-refractivity contribution is 0.339. The van der Waals surface area contributed by atoms with Crippen LogP contribution < -0.4 is 0 Å². The van der Waals surface area contributed by atoms with Gasteiger partial charge in [-0.25, -0.2) is 3.63 Å². The molecule has 0 bridgehead atoms. The summed E-state index contributed by atoms with van der Waals surface area (Å²) in [7, 11) is 0. The first kappa shape index (κ1) is 17.5. The molecule has 132 valence electrons. The van der Waals surface area contributed by atoms with Gasteiger partial charge in [-0.3, -0.25) is 0 Å². The summed E-state index contributed by atoms with van der Waals surface area (Å²) in [6.07, 6.45) is 10.0. The maximum atomic E-state index is 6.23. The number of benzene rings is 2. The number of hydrogen-bond acceptors (Lipinski definition) is 3. The third kappa shape index (κ3) is 4.27. The van der Waals surface area contributed by atoms with Crippen molar-refractivity contribution in [3.8, 4) is 0 Å². The Morgan fingerprint density at radius 2 is 1.04 bits per heavy atom. The maximum absolute atomic E-state index is 6.23. The number of hydrogen-bond donors (Lipinski definition) is 0. The molecule has 0 heterocycles. The van der Waals surface area contributed by atoms with E-state index in [4.69, 9.17) is 3.63 Å². The van der Waals surface area contributed by atoms with Crippen LogP contribution >= 0.6 is 24.1 Å². The van der Waals surface area contributed by atoms with Crippen LogP contribution in [0.25, 0.3) is 0 Å². The SMILES string of the molecule is c1ccc(CC2(SOSC3(Cc4ccccc4)CCC3)CCC2)cc1. The Hall–Kier alpha value is -0.900. The molecule has 25 heavy (non-hydrogen) atoms. The van der Waals surface area contributed by atoms with Crippen LogP contribution in [0.4, 0.5) is 0 Å². The lowest BCUT2D eigenvalue weighted by Crippen LogP contribution is -2.38. The molecular formula is C22H26OS2. The largest absolute Gasteiger partial charge is 0.246 e. The lowest BCUT2D eigenvalue weighted by atomic mass is 9.80. The van der Waals surface area contributed by atoms with Crippen molar-refractivity contribution in [1.82, 2.24) is 0 Å². The van der Waals surface area contributed by atoms with Crippen molar-refractivity contribution in [3.05, 3.63) is 71.8 Å². The van der Waals surface area contributed by atoms with Crippen LogP contribution in [0.15, 0.2) is 60.7 Å². The van der Waals surface area contributed by atoms with E-state index in [1.807, 2.05) is 0 Å². The minimum absolute atomic E-state index is 0.298. The molecule has 0 radical (unpaired) electrons. The Balaban J connectivity index is 1.32. The molecule has 3 heteroatoms. The van der Waals surface area contributed by atoms with E-state index in [0.717, 1.165) is 12.8 Å². The third-order valence-electron chi connectivity index (χ3n) is 5.69. The second-order valence-corrected chi connectivity index (χ2v) is 10.2. The fraction of sp³-hybridized carbons (Fsp3) is 0.455. The van der Waals surface area contributed by atoms with Crippen molar-refractivity contribution in [3.63, 3.8) is 0 Å². The monoisotopic (exact) mass is 370 g/mol. The van der Waals surface area contributed by atoms with E-state index in [0.29, 0.717) is 9.49 Å². The summed E-state index contributed by atoms with van der Waals surface area (Å²) in [5.74, 6) is 0. The molecule has 0 spiro atoms. The summed E-state index contributed by atoms with van der Waals surface area (Å²) in [6.45, 7) is 0. The normalized spacial score (nSPS) is 20.5. The molecule has 2 aliphatic carbocycles. The Morgan fingerprint density at radius 1 is 0.640 bits per heavy atom. The van der Waals surface area contributed by atoms with Crippen LogP contribution in [0, 0.1) is 0 Å². The quantitative estimate of drug-likeness (QED) is 0.483.